The van der Waals surface area contributed by atoms with E-state index in [0.29, 0.717) is 5.56 Å². The van der Waals surface area contributed by atoms with E-state index in [1.165, 1.54) is 21.5 Å². The number of H-pyrrole nitrogens is 2. The number of hydrogen-bond donors (Lipinski definition) is 2. The Bertz CT molecular complexity index is 2290. The molecule has 2 N–H and O–H groups in total. The highest BCUT2D eigenvalue weighted by Gasteiger charge is 2.14. The zero-order chi connectivity index (χ0) is 26.6. The van der Waals surface area contributed by atoms with E-state index in [0.717, 1.165) is 55.4 Å². The molecule has 3 heteroatoms. The van der Waals surface area contributed by atoms with Crippen LogP contribution < -0.4 is 0 Å². The van der Waals surface area contributed by atoms with Gasteiger partial charge < -0.3 is 9.97 Å². The maximum atomic E-state index is 9.97. The number of para-hydroxylation sites is 4. The van der Waals surface area contributed by atoms with Crippen molar-refractivity contribution in [1.82, 2.24) is 9.97 Å². The number of rotatable bonds is 3. The fourth-order valence-corrected chi connectivity index (χ4v) is 6.11. The van der Waals surface area contributed by atoms with Crippen molar-refractivity contribution in [1.29, 1.82) is 5.26 Å². The molecule has 2 heterocycles. The van der Waals surface area contributed by atoms with Gasteiger partial charge in [0.2, 0.25) is 0 Å². The molecule has 8 rings (SSSR count). The first kappa shape index (κ1) is 22.4. The number of aromatic nitrogens is 2. The normalized spacial score (nSPS) is 11.5. The van der Waals surface area contributed by atoms with Crippen molar-refractivity contribution < 1.29 is 0 Å². The number of aromatic amines is 2. The first-order valence-electron chi connectivity index (χ1n) is 13.4. The molecule has 0 spiro atoms. The Balaban J connectivity index is 1.29. The molecular formula is C37H23N3. The highest BCUT2D eigenvalue weighted by atomic mass is 14.7. The molecule has 0 aliphatic carbocycles. The van der Waals surface area contributed by atoms with Gasteiger partial charge in [0, 0.05) is 43.7 Å². The van der Waals surface area contributed by atoms with Gasteiger partial charge >= 0.3 is 0 Å². The smallest absolute Gasteiger partial charge is 0.0992 e. The Morgan fingerprint density at radius 1 is 0.425 bits per heavy atom. The summed E-state index contributed by atoms with van der Waals surface area (Å²) in [6.45, 7) is 0. The summed E-state index contributed by atoms with van der Waals surface area (Å²) in [6, 6.07) is 46.8. The van der Waals surface area contributed by atoms with Crippen molar-refractivity contribution in [3.63, 3.8) is 0 Å². The van der Waals surface area contributed by atoms with Crippen LogP contribution in [-0.4, -0.2) is 9.97 Å². The van der Waals surface area contributed by atoms with Crippen LogP contribution in [0.25, 0.3) is 77.0 Å². The van der Waals surface area contributed by atoms with E-state index in [9.17, 15) is 5.26 Å². The standard InChI is InChI=1S/C37H23N3/c38-22-23-18-26(21-27(19-23)29-13-7-15-33-31-11-2-4-17-35(31)40-37(29)33)24-8-5-9-25(20-24)28-12-6-14-32-30-10-1-3-16-34(30)39-36(28)32/h1-21,39-40H. The predicted molar refractivity (Wildman–Crippen MR) is 166 cm³/mol. The van der Waals surface area contributed by atoms with Crippen molar-refractivity contribution in [2.75, 3.05) is 0 Å². The molecule has 3 nitrogen and oxygen atoms in total. The van der Waals surface area contributed by atoms with Gasteiger partial charge in [-0.3, -0.25) is 0 Å². The lowest BCUT2D eigenvalue weighted by Crippen LogP contribution is -1.88. The van der Waals surface area contributed by atoms with Crippen molar-refractivity contribution in [2.24, 2.45) is 0 Å². The summed E-state index contributed by atoms with van der Waals surface area (Å²) in [4.78, 5) is 7.25. The summed E-state index contributed by atoms with van der Waals surface area (Å²) in [5.74, 6) is 0. The van der Waals surface area contributed by atoms with E-state index in [4.69, 9.17) is 0 Å². The fraction of sp³-hybridized carbons (Fsp3) is 0. The lowest BCUT2D eigenvalue weighted by atomic mass is 9.93. The number of nitrogens with one attached hydrogen (secondary N) is 2. The van der Waals surface area contributed by atoms with E-state index in [-0.39, 0.29) is 0 Å². The van der Waals surface area contributed by atoms with Crippen molar-refractivity contribution in [2.45, 2.75) is 0 Å². The Morgan fingerprint density at radius 2 is 0.925 bits per heavy atom. The first-order chi connectivity index (χ1) is 19.8. The molecule has 0 unspecified atom stereocenters. The van der Waals surface area contributed by atoms with Crippen LogP contribution in [0.5, 0.6) is 0 Å². The summed E-state index contributed by atoms with van der Waals surface area (Å²) in [5, 5.41) is 14.8. The summed E-state index contributed by atoms with van der Waals surface area (Å²) >= 11 is 0. The van der Waals surface area contributed by atoms with Gasteiger partial charge in [-0.15, -0.1) is 0 Å². The third-order valence-corrected chi connectivity index (χ3v) is 7.96. The van der Waals surface area contributed by atoms with Crippen molar-refractivity contribution in [3.05, 3.63) is 133 Å². The molecule has 0 aliphatic heterocycles. The van der Waals surface area contributed by atoms with Crippen LogP contribution in [0.2, 0.25) is 0 Å². The van der Waals surface area contributed by atoms with Crippen LogP contribution in [0.1, 0.15) is 5.56 Å². The van der Waals surface area contributed by atoms with E-state index >= 15 is 0 Å². The minimum Gasteiger partial charge on any atom is -0.354 e. The van der Waals surface area contributed by atoms with Gasteiger partial charge in [0.25, 0.3) is 0 Å². The number of nitrogens with zero attached hydrogens (tertiary/aromatic N) is 1. The summed E-state index contributed by atoms with van der Waals surface area (Å²) in [5.41, 5.74) is 11.6. The number of hydrogen-bond acceptors (Lipinski definition) is 1. The van der Waals surface area contributed by atoms with Crippen LogP contribution in [0, 0.1) is 11.3 Å². The fourth-order valence-electron chi connectivity index (χ4n) is 6.11. The molecule has 40 heavy (non-hydrogen) atoms. The van der Waals surface area contributed by atoms with Gasteiger partial charge in [0.15, 0.2) is 0 Å². The number of nitriles is 1. The monoisotopic (exact) mass is 509 g/mol. The summed E-state index contributed by atoms with van der Waals surface area (Å²) < 4.78 is 0. The Labute approximate surface area is 231 Å². The average molecular weight is 510 g/mol. The molecule has 0 saturated carbocycles. The van der Waals surface area contributed by atoms with Gasteiger partial charge in [-0.1, -0.05) is 91.0 Å². The first-order valence-corrected chi connectivity index (χ1v) is 13.4. The molecule has 8 aromatic rings. The van der Waals surface area contributed by atoms with Gasteiger partial charge in [-0.25, -0.2) is 0 Å². The highest BCUT2D eigenvalue weighted by molar-refractivity contribution is 6.13. The van der Waals surface area contributed by atoms with Gasteiger partial charge in [0.05, 0.1) is 22.7 Å². The molecule has 0 bridgehead atoms. The van der Waals surface area contributed by atoms with Crippen LogP contribution in [0.4, 0.5) is 0 Å². The second-order valence-corrected chi connectivity index (χ2v) is 10.3. The van der Waals surface area contributed by atoms with Gasteiger partial charge in [-0.2, -0.15) is 5.26 Å². The maximum absolute atomic E-state index is 9.97. The molecule has 0 atom stereocenters. The van der Waals surface area contributed by atoms with Crippen LogP contribution >= 0.6 is 0 Å². The molecular weight excluding hydrogens is 486 g/mol. The Hall–Kier alpha value is -5.59. The molecule has 2 aromatic heterocycles. The van der Waals surface area contributed by atoms with Gasteiger partial charge in [-0.05, 0) is 58.7 Å². The molecule has 0 aliphatic rings. The van der Waals surface area contributed by atoms with E-state index in [1.54, 1.807) is 0 Å². The lowest BCUT2D eigenvalue weighted by Gasteiger charge is -2.11. The molecule has 0 radical (unpaired) electrons. The third-order valence-electron chi connectivity index (χ3n) is 7.96. The Morgan fingerprint density at radius 3 is 1.57 bits per heavy atom. The molecule has 6 aromatic carbocycles. The molecule has 186 valence electrons. The van der Waals surface area contributed by atoms with E-state index in [1.807, 2.05) is 12.1 Å². The zero-order valence-corrected chi connectivity index (χ0v) is 21.6. The number of fused-ring (bicyclic) bond motifs is 6. The van der Waals surface area contributed by atoms with Crippen molar-refractivity contribution >= 4 is 43.6 Å². The van der Waals surface area contributed by atoms with Gasteiger partial charge in [0.1, 0.15) is 0 Å². The number of benzene rings is 6. The molecule has 0 saturated heterocycles. The average Bonchev–Trinajstić information content (AvgIpc) is 3.59. The van der Waals surface area contributed by atoms with Crippen LogP contribution in [0.15, 0.2) is 127 Å². The third kappa shape index (κ3) is 3.44. The quantitative estimate of drug-likeness (QED) is 0.245. The lowest BCUT2D eigenvalue weighted by molar-refractivity contribution is 1.47. The van der Waals surface area contributed by atoms with E-state index < -0.39 is 0 Å². The van der Waals surface area contributed by atoms with Crippen molar-refractivity contribution in [3.8, 4) is 39.4 Å². The second-order valence-electron chi connectivity index (χ2n) is 10.3. The Kier molecular flexibility index (Phi) is 4.89. The zero-order valence-electron chi connectivity index (χ0n) is 21.6. The highest BCUT2D eigenvalue weighted by Crippen LogP contribution is 2.38. The minimum absolute atomic E-state index is 0.642. The van der Waals surface area contributed by atoms with Crippen LogP contribution in [-0.2, 0) is 0 Å². The van der Waals surface area contributed by atoms with Crippen LogP contribution in [0.3, 0.4) is 0 Å². The SMILES string of the molecule is N#Cc1cc(-c2cccc(-c3cccc4c3[nH]c3ccccc34)c2)cc(-c2cccc3c2[nH]c2ccccc23)c1. The van der Waals surface area contributed by atoms with E-state index in [2.05, 4.69) is 131 Å². The molecule has 0 fully saturated rings. The maximum Gasteiger partial charge on any atom is 0.0992 e. The minimum atomic E-state index is 0.642. The summed E-state index contributed by atoms with van der Waals surface area (Å²) in [6.07, 6.45) is 0. The second kappa shape index (κ2) is 8.73. The topological polar surface area (TPSA) is 55.4 Å². The predicted octanol–water partition coefficient (Wildman–Crippen LogP) is 9.83. The summed E-state index contributed by atoms with van der Waals surface area (Å²) in [7, 11) is 0. The largest absolute Gasteiger partial charge is 0.354 e. The molecule has 0 amide bonds.